The van der Waals surface area contributed by atoms with Gasteiger partial charge in [0, 0.05) is 51.7 Å². The monoisotopic (exact) mass is 535 g/mol. The van der Waals surface area contributed by atoms with Gasteiger partial charge in [-0.05, 0) is 61.4 Å². The molecule has 1 unspecified atom stereocenters. The van der Waals surface area contributed by atoms with E-state index in [9.17, 15) is 4.79 Å². The molecule has 39 heavy (non-hydrogen) atoms. The van der Waals surface area contributed by atoms with Crippen LogP contribution >= 0.6 is 0 Å². The van der Waals surface area contributed by atoms with Crippen molar-refractivity contribution in [3.05, 3.63) is 42.0 Å². The molecule has 5 rings (SSSR count). The molecule has 1 amide bonds. The summed E-state index contributed by atoms with van der Waals surface area (Å²) in [5.41, 5.74) is 2.04. The maximum atomic E-state index is 12.4. The van der Waals surface area contributed by atoms with Gasteiger partial charge in [-0.15, -0.1) is 10.2 Å². The second-order valence-electron chi connectivity index (χ2n) is 11.1. The van der Waals surface area contributed by atoms with Gasteiger partial charge in [0.05, 0.1) is 7.11 Å². The molecule has 1 aromatic carbocycles. The van der Waals surface area contributed by atoms with Crippen LogP contribution in [0.15, 0.2) is 36.4 Å². The van der Waals surface area contributed by atoms with Crippen molar-refractivity contribution < 1.29 is 14.3 Å². The van der Waals surface area contributed by atoms with Gasteiger partial charge in [-0.25, -0.2) is 0 Å². The number of nitrogens with zero attached hydrogens (tertiary/aromatic N) is 7. The van der Waals surface area contributed by atoms with Crippen LogP contribution < -0.4 is 14.4 Å². The van der Waals surface area contributed by atoms with Crippen LogP contribution in [-0.4, -0.2) is 94.5 Å². The van der Waals surface area contributed by atoms with Crippen LogP contribution in [0, 0.1) is 5.92 Å². The highest BCUT2D eigenvalue weighted by molar-refractivity contribution is 5.76. The molecule has 0 aliphatic carbocycles. The van der Waals surface area contributed by atoms with Gasteiger partial charge < -0.3 is 19.3 Å². The summed E-state index contributed by atoms with van der Waals surface area (Å²) in [6.07, 6.45) is 2.78. The van der Waals surface area contributed by atoms with Gasteiger partial charge in [0.25, 0.3) is 0 Å². The maximum Gasteiger partial charge on any atom is 0.338 e. The number of methoxy groups -OCH3 is 1. The summed E-state index contributed by atoms with van der Waals surface area (Å²) in [4.78, 5) is 19.2. The summed E-state index contributed by atoms with van der Waals surface area (Å²) < 4.78 is 13.0. The molecule has 3 aromatic rings. The van der Waals surface area contributed by atoms with Gasteiger partial charge in [-0.2, -0.15) is 4.52 Å². The van der Waals surface area contributed by atoms with E-state index in [1.54, 1.807) is 11.6 Å². The molecule has 0 saturated carbocycles. The zero-order chi connectivity index (χ0) is 27.4. The van der Waals surface area contributed by atoms with Crippen LogP contribution in [0.5, 0.6) is 11.8 Å². The molecule has 0 N–H and O–H groups in total. The minimum atomic E-state index is 0.282. The number of aromatic nitrogens is 4. The topological polar surface area (TPSA) is 88.3 Å². The zero-order valence-electron chi connectivity index (χ0n) is 23.6. The van der Waals surface area contributed by atoms with Crippen molar-refractivity contribution in [2.75, 3.05) is 57.9 Å². The second kappa shape index (κ2) is 12.2. The number of hydrogen-bond acceptors (Lipinski definition) is 8. The Bertz CT molecular complexity index is 1240. The molecule has 10 heteroatoms. The molecule has 2 saturated heterocycles. The first-order chi connectivity index (χ1) is 18.9. The van der Waals surface area contributed by atoms with Crippen molar-refractivity contribution in [3.63, 3.8) is 0 Å². The Kier molecular flexibility index (Phi) is 8.50. The number of fused-ring (bicyclic) bond motifs is 1. The highest BCUT2D eigenvalue weighted by atomic mass is 16.5. The van der Waals surface area contributed by atoms with Crippen LogP contribution in [0.3, 0.4) is 0 Å². The molecule has 210 valence electrons. The number of piperazine rings is 1. The predicted octanol–water partition coefficient (Wildman–Crippen LogP) is 3.47. The van der Waals surface area contributed by atoms with Gasteiger partial charge in [0.1, 0.15) is 18.2 Å². The quantitative estimate of drug-likeness (QED) is 0.412. The molecule has 2 aromatic heterocycles. The Balaban J connectivity index is 1.06. The Morgan fingerprint density at radius 1 is 1.03 bits per heavy atom. The smallest absolute Gasteiger partial charge is 0.338 e. The van der Waals surface area contributed by atoms with E-state index in [4.69, 9.17) is 9.47 Å². The second-order valence-corrected chi connectivity index (χ2v) is 11.1. The first kappa shape index (κ1) is 27.2. The van der Waals surface area contributed by atoms with Gasteiger partial charge in [0.2, 0.25) is 5.91 Å². The largest absolute Gasteiger partial charge is 0.492 e. The molecular weight excluding hydrogens is 494 g/mol. The zero-order valence-corrected chi connectivity index (χ0v) is 23.6. The highest BCUT2D eigenvalue weighted by Gasteiger charge is 2.27. The number of piperidine rings is 1. The predicted molar refractivity (Wildman–Crippen MR) is 151 cm³/mol. The third kappa shape index (κ3) is 6.43. The van der Waals surface area contributed by atoms with E-state index in [-0.39, 0.29) is 5.91 Å². The molecule has 4 heterocycles. The third-order valence-electron chi connectivity index (χ3n) is 7.92. The van der Waals surface area contributed by atoms with E-state index >= 15 is 0 Å². The van der Waals surface area contributed by atoms with Crippen molar-refractivity contribution in [1.29, 1.82) is 0 Å². The number of benzene rings is 1. The van der Waals surface area contributed by atoms with Gasteiger partial charge in [0.15, 0.2) is 5.65 Å². The first-order valence-corrected chi connectivity index (χ1v) is 14.2. The Hall–Kier alpha value is -3.40. The average molecular weight is 536 g/mol. The lowest BCUT2D eigenvalue weighted by Crippen LogP contribution is -2.54. The molecular formula is C29H41N7O3. The highest BCUT2D eigenvalue weighted by Crippen LogP contribution is 2.31. The maximum absolute atomic E-state index is 12.4. The lowest BCUT2D eigenvalue weighted by atomic mass is 9.89. The Morgan fingerprint density at radius 3 is 2.49 bits per heavy atom. The molecule has 0 bridgehead atoms. The molecule has 2 fully saturated rings. The fraction of sp³-hybridized carbons (Fsp3) is 0.586. The third-order valence-corrected chi connectivity index (χ3v) is 7.92. The molecule has 2 aliphatic heterocycles. The van der Waals surface area contributed by atoms with Crippen molar-refractivity contribution in [2.45, 2.75) is 52.0 Å². The first-order valence-electron chi connectivity index (χ1n) is 14.2. The van der Waals surface area contributed by atoms with Crippen LogP contribution in [0.4, 0.5) is 5.82 Å². The molecule has 10 nitrogen and oxygen atoms in total. The van der Waals surface area contributed by atoms with E-state index < -0.39 is 0 Å². The van der Waals surface area contributed by atoms with Crippen LogP contribution in [0.2, 0.25) is 0 Å². The summed E-state index contributed by atoms with van der Waals surface area (Å²) in [7, 11) is 1.58. The summed E-state index contributed by atoms with van der Waals surface area (Å²) in [6.45, 7) is 12.3. The van der Waals surface area contributed by atoms with Crippen LogP contribution in [-0.2, 0) is 4.79 Å². The minimum Gasteiger partial charge on any atom is -0.492 e. The lowest BCUT2D eigenvalue weighted by molar-refractivity contribution is -0.134. The molecule has 2 aliphatic rings. The van der Waals surface area contributed by atoms with Crippen molar-refractivity contribution in [1.82, 2.24) is 29.6 Å². The number of anilines is 1. The summed E-state index contributed by atoms with van der Waals surface area (Å²) >= 11 is 0. The molecule has 0 radical (unpaired) electrons. The van der Waals surface area contributed by atoms with Crippen LogP contribution in [0.1, 0.15) is 51.5 Å². The molecule has 1 atom stereocenters. The van der Waals surface area contributed by atoms with E-state index in [0.717, 1.165) is 63.7 Å². The molecule has 0 spiro atoms. The number of amides is 1. The number of rotatable bonds is 9. The number of hydrogen-bond donors (Lipinski definition) is 0. The summed E-state index contributed by atoms with van der Waals surface area (Å²) in [5, 5.41) is 12.8. The van der Waals surface area contributed by atoms with E-state index in [1.807, 2.05) is 17.0 Å². The number of carbonyl (C=O) groups excluding carboxylic acids is 1. The SMILES string of the molecule is COc1nnc2ccc(N3CCC(c4ccc(OCCN5CCN(C(=O)CC(C)C)CC5C)cc4)CC3)nn12. The number of carbonyl (C=O) groups is 1. The van der Waals surface area contributed by atoms with E-state index in [0.29, 0.717) is 42.6 Å². The normalized spacial score (nSPS) is 19.2. The van der Waals surface area contributed by atoms with E-state index in [2.05, 4.69) is 70.1 Å². The summed E-state index contributed by atoms with van der Waals surface area (Å²) in [5.74, 6) is 3.04. The van der Waals surface area contributed by atoms with Crippen molar-refractivity contribution >= 4 is 17.4 Å². The minimum absolute atomic E-state index is 0.282. The number of ether oxygens (including phenoxy) is 2. The lowest BCUT2D eigenvalue weighted by Gasteiger charge is -2.40. The summed E-state index contributed by atoms with van der Waals surface area (Å²) in [6, 6.07) is 13.3. The van der Waals surface area contributed by atoms with Crippen molar-refractivity contribution in [2.24, 2.45) is 5.92 Å². The van der Waals surface area contributed by atoms with Crippen molar-refractivity contribution in [3.8, 4) is 11.8 Å². The average Bonchev–Trinajstić information content (AvgIpc) is 3.36. The fourth-order valence-corrected chi connectivity index (χ4v) is 5.65. The van der Waals surface area contributed by atoms with E-state index in [1.165, 1.54) is 5.56 Å². The standard InChI is InChI=1S/C29H41N7O3/c1-21(2)19-28(37)35-16-15-33(22(3)20-35)17-18-39-25-7-5-23(6-8-25)24-11-13-34(14-12-24)27-10-9-26-30-31-29(38-4)36(26)32-27/h5-10,21-22,24H,11-20H2,1-4H3. The van der Waals surface area contributed by atoms with Gasteiger partial charge >= 0.3 is 6.01 Å². The van der Waals surface area contributed by atoms with Gasteiger partial charge in [-0.3, -0.25) is 9.69 Å². The fourth-order valence-electron chi connectivity index (χ4n) is 5.65. The Morgan fingerprint density at radius 2 is 1.79 bits per heavy atom. The Labute approximate surface area is 230 Å². The van der Waals surface area contributed by atoms with Crippen LogP contribution in [0.25, 0.3) is 5.65 Å². The van der Waals surface area contributed by atoms with Gasteiger partial charge in [-0.1, -0.05) is 31.1 Å².